The Labute approximate surface area is 171 Å². The second kappa shape index (κ2) is 12.7. The molecule has 27 heavy (non-hydrogen) atoms. The number of aliphatic carboxylic acids is 2. The highest BCUT2D eigenvalue weighted by molar-refractivity contribution is 7.80. The highest BCUT2D eigenvalue weighted by Gasteiger charge is 2.30. The Hall–Kier alpha value is -1.64. The zero-order chi connectivity index (χ0) is 21.1. The van der Waals surface area contributed by atoms with Crippen LogP contribution < -0.4 is 21.7 Å². The summed E-state index contributed by atoms with van der Waals surface area (Å²) in [5.74, 6) is -5.74. The third-order valence-electron chi connectivity index (χ3n) is 3.16. The average Bonchev–Trinajstić information content (AvgIpc) is 2.61. The van der Waals surface area contributed by atoms with Crippen molar-refractivity contribution >= 4 is 67.5 Å². The van der Waals surface area contributed by atoms with Gasteiger partial charge in [-0.3, -0.25) is 19.2 Å². The van der Waals surface area contributed by atoms with Gasteiger partial charge in [0.25, 0.3) is 0 Å². The fraction of sp³-hybridized carbons (Fsp3) is 0.615. The lowest BCUT2D eigenvalue weighted by atomic mass is 10.1. The average molecular weight is 443 g/mol. The van der Waals surface area contributed by atoms with E-state index in [-0.39, 0.29) is 17.3 Å². The summed E-state index contributed by atoms with van der Waals surface area (Å²) in [7, 11) is 0. The minimum Gasteiger partial charge on any atom is -0.481 e. The minimum absolute atomic E-state index is 0.0325. The maximum Gasteiger partial charge on any atom is 0.327 e. The molecule has 0 aromatic rings. The van der Waals surface area contributed by atoms with E-state index in [4.69, 9.17) is 15.9 Å². The van der Waals surface area contributed by atoms with Crippen molar-refractivity contribution in [2.75, 3.05) is 17.3 Å². The maximum atomic E-state index is 12.3. The first-order chi connectivity index (χ1) is 12.6. The van der Waals surface area contributed by atoms with Crippen LogP contribution in [0.3, 0.4) is 0 Å². The topological polar surface area (TPSA) is 188 Å². The summed E-state index contributed by atoms with van der Waals surface area (Å²) in [4.78, 5) is 58.1. The molecule has 3 amide bonds. The Balaban J connectivity index is 5.13. The minimum atomic E-state index is -1.50. The van der Waals surface area contributed by atoms with E-state index >= 15 is 0 Å². The molecule has 11 nitrogen and oxygen atoms in total. The summed E-state index contributed by atoms with van der Waals surface area (Å²) in [5.41, 5.74) is 5.46. The van der Waals surface area contributed by atoms with Crippen LogP contribution in [0.5, 0.6) is 0 Å². The van der Waals surface area contributed by atoms with E-state index < -0.39 is 60.2 Å². The molecule has 0 spiro atoms. The smallest absolute Gasteiger partial charge is 0.327 e. The molecule has 7 N–H and O–H groups in total. The predicted octanol–water partition coefficient (Wildman–Crippen LogP) is -2.88. The van der Waals surface area contributed by atoms with Gasteiger partial charge in [-0.25, -0.2) is 4.79 Å². The molecule has 0 saturated carbocycles. The summed E-state index contributed by atoms with van der Waals surface area (Å²) >= 11 is 11.5. The van der Waals surface area contributed by atoms with Crippen molar-refractivity contribution < 1.29 is 34.2 Å². The van der Waals surface area contributed by atoms with E-state index in [1.807, 2.05) is 0 Å². The number of hydrogen-bond acceptors (Lipinski definition) is 9. The van der Waals surface area contributed by atoms with Gasteiger partial charge in [0, 0.05) is 17.3 Å². The van der Waals surface area contributed by atoms with Gasteiger partial charge in [-0.2, -0.15) is 37.9 Å². The van der Waals surface area contributed by atoms with E-state index in [0.717, 1.165) is 0 Å². The summed E-state index contributed by atoms with van der Waals surface area (Å²) in [6.07, 6.45) is -0.758. The largest absolute Gasteiger partial charge is 0.481 e. The van der Waals surface area contributed by atoms with Crippen LogP contribution in [0.25, 0.3) is 0 Å². The fourth-order valence-corrected chi connectivity index (χ4v) is 2.34. The first-order valence-electron chi connectivity index (χ1n) is 7.51. The molecule has 0 aromatic heterocycles. The Morgan fingerprint density at radius 2 is 1.19 bits per heavy atom. The van der Waals surface area contributed by atoms with Crippen LogP contribution in [-0.2, 0) is 24.0 Å². The Bertz CT molecular complexity index is 578. The zero-order valence-electron chi connectivity index (χ0n) is 14.0. The number of thiol groups is 3. The number of hydrogen-bond donors (Lipinski definition) is 9. The van der Waals surface area contributed by atoms with Gasteiger partial charge in [0.2, 0.25) is 17.7 Å². The second-order valence-corrected chi connectivity index (χ2v) is 6.37. The van der Waals surface area contributed by atoms with E-state index in [2.05, 4.69) is 53.8 Å². The van der Waals surface area contributed by atoms with Crippen LogP contribution in [0.2, 0.25) is 0 Å². The molecule has 154 valence electrons. The van der Waals surface area contributed by atoms with Crippen LogP contribution in [0.15, 0.2) is 0 Å². The van der Waals surface area contributed by atoms with Crippen LogP contribution >= 0.6 is 37.9 Å². The molecule has 0 bridgehead atoms. The lowest BCUT2D eigenvalue weighted by Crippen LogP contribution is -2.58. The van der Waals surface area contributed by atoms with E-state index in [1.165, 1.54) is 0 Å². The van der Waals surface area contributed by atoms with Crippen molar-refractivity contribution in [2.24, 2.45) is 5.73 Å². The molecule has 4 unspecified atom stereocenters. The van der Waals surface area contributed by atoms with Crippen LogP contribution in [0, 0.1) is 0 Å². The van der Waals surface area contributed by atoms with E-state index in [9.17, 15) is 24.0 Å². The summed E-state index contributed by atoms with van der Waals surface area (Å²) in [5, 5.41) is 24.4. The number of carboxylic acids is 2. The normalized spacial score (nSPS) is 15.0. The molecule has 0 rings (SSSR count). The summed E-state index contributed by atoms with van der Waals surface area (Å²) < 4.78 is 0. The number of carbonyl (C=O) groups is 5. The van der Waals surface area contributed by atoms with Crippen molar-refractivity contribution in [3.8, 4) is 0 Å². The molecule has 0 radical (unpaired) electrons. The standard InChI is InChI=1S/C13H22N4O7S3/c14-5(2-25)10(20)15-6(1-9(18)19)11(21)16-7(3-26)12(22)17-8(4-27)13(23)24/h5-8,25-27H,1-4,14H2,(H,15,20)(H,16,21)(H,17,22)(H,18,19)(H,23,24). The number of rotatable bonds is 12. The molecule has 0 aliphatic heterocycles. The van der Waals surface area contributed by atoms with Gasteiger partial charge >= 0.3 is 11.9 Å². The number of amides is 3. The Morgan fingerprint density at radius 1 is 0.741 bits per heavy atom. The highest BCUT2D eigenvalue weighted by Crippen LogP contribution is 1.99. The Kier molecular flexibility index (Phi) is 11.9. The van der Waals surface area contributed by atoms with Crippen molar-refractivity contribution in [3.05, 3.63) is 0 Å². The Morgan fingerprint density at radius 3 is 1.59 bits per heavy atom. The van der Waals surface area contributed by atoms with Crippen molar-refractivity contribution in [3.63, 3.8) is 0 Å². The van der Waals surface area contributed by atoms with Crippen molar-refractivity contribution in [2.45, 2.75) is 30.6 Å². The molecule has 0 saturated heterocycles. The molecule has 14 heteroatoms. The first kappa shape index (κ1) is 25.4. The van der Waals surface area contributed by atoms with Gasteiger partial charge in [-0.15, -0.1) is 0 Å². The summed E-state index contributed by atoms with van der Waals surface area (Å²) in [6, 6.07) is -5.12. The molecule has 0 aliphatic carbocycles. The maximum absolute atomic E-state index is 12.3. The van der Waals surface area contributed by atoms with E-state index in [0.29, 0.717) is 0 Å². The predicted molar refractivity (Wildman–Crippen MR) is 105 cm³/mol. The third kappa shape index (κ3) is 9.21. The molecule has 0 fully saturated rings. The molecular formula is C13H22N4O7S3. The van der Waals surface area contributed by atoms with Crippen molar-refractivity contribution in [1.82, 2.24) is 16.0 Å². The molecule has 0 heterocycles. The summed E-state index contributed by atoms with van der Waals surface area (Å²) in [6.45, 7) is 0. The number of carboxylic acid groups (broad SMARTS) is 2. The van der Waals surface area contributed by atoms with Crippen molar-refractivity contribution in [1.29, 1.82) is 0 Å². The van der Waals surface area contributed by atoms with Gasteiger partial charge in [0.1, 0.15) is 18.1 Å². The lowest BCUT2D eigenvalue weighted by molar-refractivity contribution is -0.142. The monoisotopic (exact) mass is 442 g/mol. The van der Waals surface area contributed by atoms with Gasteiger partial charge in [-0.1, -0.05) is 0 Å². The first-order valence-corrected chi connectivity index (χ1v) is 9.40. The SMILES string of the molecule is NC(CS)C(=O)NC(CC(=O)O)C(=O)NC(CS)C(=O)NC(CS)C(=O)O. The fourth-order valence-electron chi connectivity index (χ4n) is 1.67. The van der Waals surface area contributed by atoms with Crippen LogP contribution in [-0.4, -0.2) is 81.3 Å². The van der Waals surface area contributed by atoms with Gasteiger partial charge in [0.05, 0.1) is 12.5 Å². The number of nitrogens with two attached hydrogens (primary N) is 1. The number of nitrogens with one attached hydrogen (secondary N) is 3. The van der Waals surface area contributed by atoms with Gasteiger partial charge < -0.3 is 31.9 Å². The quantitative estimate of drug-likeness (QED) is 0.144. The van der Waals surface area contributed by atoms with Crippen LogP contribution in [0.1, 0.15) is 6.42 Å². The molecule has 4 atom stereocenters. The number of carbonyl (C=O) groups excluding carboxylic acids is 3. The van der Waals surface area contributed by atoms with Crippen LogP contribution in [0.4, 0.5) is 0 Å². The molecular weight excluding hydrogens is 420 g/mol. The highest BCUT2D eigenvalue weighted by atomic mass is 32.1. The second-order valence-electron chi connectivity index (χ2n) is 5.27. The van der Waals surface area contributed by atoms with Gasteiger partial charge in [-0.05, 0) is 0 Å². The zero-order valence-corrected chi connectivity index (χ0v) is 16.7. The third-order valence-corrected chi connectivity index (χ3v) is 4.28. The van der Waals surface area contributed by atoms with Gasteiger partial charge in [0.15, 0.2) is 0 Å². The molecule has 0 aliphatic rings. The molecule has 0 aromatic carbocycles. The lowest BCUT2D eigenvalue weighted by Gasteiger charge is -2.23. The van der Waals surface area contributed by atoms with E-state index in [1.54, 1.807) is 0 Å².